The third kappa shape index (κ3) is 14.4. The van der Waals surface area contributed by atoms with Gasteiger partial charge in [-0.2, -0.15) is 0 Å². The summed E-state index contributed by atoms with van der Waals surface area (Å²) in [5.74, 6) is -0.631. The van der Waals surface area contributed by atoms with E-state index in [1.54, 1.807) is 0 Å². The lowest BCUT2D eigenvalue weighted by Gasteiger charge is -2.19. The molecule has 0 aliphatic heterocycles. The van der Waals surface area contributed by atoms with Gasteiger partial charge in [0.05, 0.1) is 38.5 Å². The topological polar surface area (TPSA) is 164 Å². The number of imidazole rings is 1. The first kappa shape index (κ1) is 27.5. The number of ether oxygens (including phenoxy) is 4. The van der Waals surface area contributed by atoms with E-state index in [2.05, 4.69) is 20.6 Å². The number of alkyl carbamates (subject to hydrolysis) is 1. The normalized spacial score (nSPS) is 11.3. The van der Waals surface area contributed by atoms with E-state index in [1.807, 2.05) is 20.8 Å². The van der Waals surface area contributed by atoms with E-state index in [1.165, 1.54) is 0 Å². The molecule has 1 aromatic rings. The van der Waals surface area contributed by atoms with Gasteiger partial charge in [-0.15, -0.1) is 0 Å². The molecular formula is C20H36N4O8. The van der Waals surface area contributed by atoms with Gasteiger partial charge in [0.25, 0.3) is 0 Å². The van der Waals surface area contributed by atoms with Crippen molar-refractivity contribution in [2.75, 3.05) is 52.7 Å². The van der Waals surface area contributed by atoms with Gasteiger partial charge in [-0.1, -0.05) is 0 Å². The summed E-state index contributed by atoms with van der Waals surface area (Å²) in [7, 11) is 0. The van der Waals surface area contributed by atoms with Crippen LogP contribution in [0.3, 0.4) is 0 Å². The van der Waals surface area contributed by atoms with Crippen molar-refractivity contribution in [1.82, 2.24) is 20.6 Å². The van der Waals surface area contributed by atoms with Crippen LogP contribution in [0.4, 0.5) is 4.79 Å². The summed E-state index contributed by atoms with van der Waals surface area (Å²) in [5.41, 5.74) is -0.905. The van der Waals surface area contributed by atoms with Crippen LogP contribution in [0.5, 0.6) is 5.88 Å². The molecule has 5 N–H and O–H groups in total. The molecule has 0 unspecified atom stereocenters. The predicted molar refractivity (Wildman–Crippen MR) is 116 cm³/mol. The Kier molecular flexibility index (Phi) is 13.1. The van der Waals surface area contributed by atoms with Crippen molar-refractivity contribution >= 4 is 12.0 Å². The van der Waals surface area contributed by atoms with Gasteiger partial charge in [0, 0.05) is 26.3 Å². The number of hydrogen-bond donors (Lipinski definition) is 5. The standard InChI is InChI=1S/C20H36N4O8/c1-20(2,3)32-19(28)22-7-5-9-30-11-13-31-12-10-29-8-4-6-21-16(25)14-15-17(26)24-18(27)23-15/h26H,4-14H2,1-3H3,(H,21,25)(H,22,28)(H2,23,24,27). The fourth-order valence-electron chi connectivity index (χ4n) is 2.38. The predicted octanol–water partition coefficient (Wildman–Crippen LogP) is 0.422. The minimum Gasteiger partial charge on any atom is -0.493 e. The molecule has 0 spiro atoms. The summed E-state index contributed by atoms with van der Waals surface area (Å²) in [6.45, 7) is 9.12. The van der Waals surface area contributed by atoms with Gasteiger partial charge in [0.1, 0.15) is 5.60 Å². The average Bonchev–Trinajstić information content (AvgIpc) is 3.00. The first-order chi connectivity index (χ1) is 15.2. The highest BCUT2D eigenvalue weighted by Gasteiger charge is 2.15. The largest absolute Gasteiger partial charge is 0.493 e. The number of aromatic nitrogens is 2. The monoisotopic (exact) mass is 460 g/mol. The fourth-order valence-corrected chi connectivity index (χ4v) is 2.38. The van der Waals surface area contributed by atoms with Crippen molar-refractivity contribution in [1.29, 1.82) is 0 Å². The summed E-state index contributed by atoms with van der Waals surface area (Å²) >= 11 is 0. The second-order valence-corrected chi connectivity index (χ2v) is 7.91. The molecule has 1 rings (SSSR count). The number of hydrogen-bond acceptors (Lipinski definition) is 8. The van der Waals surface area contributed by atoms with E-state index in [9.17, 15) is 19.5 Å². The third-order valence-electron chi connectivity index (χ3n) is 3.78. The smallest absolute Gasteiger partial charge is 0.407 e. The Morgan fingerprint density at radius 1 is 0.875 bits per heavy atom. The van der Waals surface area contributed by atoms with E-state index in [0.29, 0.717) is 65.6 Å². The molecule has 1 aromatic heterocycles. The molecule has 184 valence electrons. The Morgan fingerprint density at radius 2 is 1.41 bits per heavy atom. The van der Waals surface area contributed by atoms with Crippen LogP contribution in [0.2, 0.25) is 0 Å². The molecule has 32 heavy (non-hydrogen) atoms. The molecule has 12 nitrogen and oxygen atoms in total. The molecule has 0 aromatic carbocycles. The Morgan fingerprint density at radius 3 is 1.91 bits per heavy atom. The lowest BCUT2D eigenvalue weighted by atomic mass is 10.2. The number of aromatic hydroxyl groups is 1. The lowest BCUT2D eigenvalue weighted by Crippen LogP contribution is -2.33. The van der Waals surface area contributed by atoms with Gasteiger partial charge in [-0.25, -0.2) is 9.59 Å². The molecule has 0 aliphatic carbocycles. The van der Waals surface area contributed by atoms with Gasteiger partial charge in [-0.05, 0) is 33.6 Å². The number of amides is 2. The molecule has 2 amide bonds. The molecule has 0 saturated heterocycles. The van der Waals surface area contributed by atoms with Crippen LogP contribution in [0.25, 0.3) is 0 Å². The maximum absolute atomic E-state index is 11.7. The van der Waals surface area contributed by atoms with Crippen LogP contribution < -0.4 is 16.3 Å². The molecule has 0 aliphatic rings. The highest BCUT2D eigenvalue weighted by molar-refractivity contribution is 5.78. The number of aromatic amines is 2. The van der Waals surface area contributed by atoms with Crippen LogP contribution in [-0.2, 0) is 30.2 Å². The SMILES string of the molecule is CC(C)(C)OC(=O)NCCCOCCOCCOCCCNC(=O)Cc1[nH]c(=O)[nH]c1O. The van der Waals surface area contributed by atoms with E-state index in [-0.39, 0.29) is 23.9 Å². The Labute approximate surface area is 187 Å². The zero-order valence-electron chi connectivity index (χ0n) is 19.1. The maximum Gasteiger partial charge on any atom is 0.407 e. The molecule has 0 radical (unpaired) electrons. The van der Waals surface area contributed by atoms with Crippen LogP contribution >= 0.6 is 0 Å². The average molecular weight is 461 g/mol. The zero-order chi connectivity index (χ0) is 23.8. The highest BCUT2D eigenvalue weighted by atomic mass is 16.6. The second-order valence-electron chi connectivity index (χ2n) is 7.91. The third-order valence-corrected chi connectivity index (χ3v) is 3.78. The summed E-state index contributed by atoms with van der Waals surface area (Å²) in [6.07, 6.45) is 0.768. The van der Waals surface area contributed by atoms with Gasteiger partial charge in [0.2, 0.25) is 11.8 Å². The summed E-state index contributed by atoms with van der Waals surface area (Å²) in [5, 5.41) is 14.7. The van der Waals surface area contributed by atoms with Crippen LogP contribution in [-0.4, -0.2) is 85.4 Å². The number of rotatable bonds is 16. The first-order valence-electron chi connectivity index (χ1n) is 10.6. The molecule has 0 saturated carbocycles. The molecule has 0 atom stereocenters. The van der Waals surface area contributed by atoms with Gasteiger partial charge in [-0.3, -0.25) is 9.78 Å². The maximum atomic E-state index is 11.7. The van der Waals surface area contributed by atoms with Crippen molar-refractivity contribution in [3.63, 3.8) is 0 Å². The van der Waals surface area contributed by atoms with Crippen molar-refractivity contribution in [3.8, 4) is 5.88 Å². The molecule has 0 fully saturated rings. The quantitative estimate of drug-likeness (QED) is 0.222. The molecular weight excluding hydrogens is 424 g/mol. The summed E-state index contributed by atoms with van der Waals surface area (Å²) < 4.78 is 21.3. The number of carbonyl (C=O) groups excluding carboxylic acids is 2. The van der Waals surface area contributed by atoms with Crippen molar-refractivity contribution in [2.45, 2.75) is 45.6 Å². The number of carbonyl (C=O) groups is 2. The van der Waals surface area contributed by atoms with E-state index in [0.717, 1.165) is 0 Å². The Balaban J connectivity index is 1.82. The van der Waals surface area contributed by atoms with E-state index in [4.69, 9.17) is 18.9 Å². The van der Waals surface area contributed by atoms with Crippen LogP contribution in [0.1, 0.15) is 39.3 Å². The molecule has 1 heterocycles. The summed E-state index contributed by atoms with van der Waals surface area (Å²) in [6, 6.07) is 0. The van der Waals surface area contributed by atoms with Crippen molar-refractivity contribution < 1.29 is 33.6 Å². The summed E-state index contributed by atoms with van der Waals surface area (Å²) in [4.78, 5) is 38.6. The zero-order valence-corrected chi connectivity index (χ0v) is 19.1. The van der Waals surface area contributed by atoms with E-state index >= 15 is 0 Å². The number of H-pyrrole nitrogens is 2. The van der Waals surface area contributed by atoms with E-state index < -0.39 is 17.4 Å². The second kappa shape index (κ2) is 15.3. The molecule has 0 bridgehead atoms. The minimum absolute atomic E-state index is 0.110. The van der Waals surface area contributed by atoms with Crippen molar-refractivity contribution in [3.05, 3.63) is 16.2 Å². The Hall–Kier alpha value is -2.57. The molecule has 12 heteroatoms. The van der Waals surface area contributed by atoms with Crippen LogP contribution in [0, 0.1) is 0 Å². The number of nitrogens with one attached hydrogen (secondary N) is 4. The van der Waals surface area contributed by atoms with Gasteiger partial charge in [0.15, 0.2) is 0 Å². The highest BCUT2D eigenvalue weighted by Crippen LogP contribution is 2.07. The Bertz CT molecular complexity index is 726. The van der Waals surface area contributed by atoms with Gasteiger partial charge >= 0.3 is 11.8 Å². The fraction of sp³-hybridized carbons (Fsp3) is 0.750. The lowest BCUT2D eigenvalue weighted by molar-refractivity contribution is -0.120. The van der Waals surface area contributed by atoms with Gasteiger partial charge < -0.3 is 39.7 Å². The minimum atomic E-state index is -0.555. The van der Waals surface area contributed by atoms with Crippen LogP contribution in [0.15, 0.2) is 4.79 Å². The first-order valence-corrected chi connectivity index (χ1v) is 10.6. The van der Waals surface area contributed by atoms with Crippen molar-refractivity contribution in [2.24, 2.45) is 0 Å².